The van der Waals surface area contributed by atoms with Crippen molar-refractivity contribution in [3.05, 3.63) is 35.9 Å². The number of unbranched alkanes of at least 4 members (excludes halogenated alkanes) is 1. The average Bonchev–Trinajstić information content (AvgIpc) is 3.09. The van der Waals surface area contributed by atoms with Gasteiger partial charge in [-0.25, -0.2) is 0 Å². The molecule has 280 valence electrons. The monoisotopic (exact) mass is 716 g/mol. The molecular weight excluding hydrogens is 668 g/mol. The summed E-state index contributed by atoms with van der Waals surface area (Å²) in [5.41, 5.74) is 11.4. The van der Waals surface area contributed by atoms with E-state index in [1.807, 2.05) is 0 Å². The van der Waals surface area contributed by atoms with E-state index in [2.05, 4.69) is 42.5 Å². The van der Waals surface area contributed by atoms with Crippen LogP contribution >= 0.6 is 0 Å². The first kappa shape index (κ1) is 41.6. The molecule has 12 N–H and O–H groups in total. The van der Waals surface area contributed by atoms with Gasteiger partial charge in [0.2, 0.25) is 53.2 Å². The van der Waals surface area contributed by atoms with Gasteiger partial charge in [0.25, 0.3) is 0 Å². The van der Waals surface area contributed by atoms with Crippen molar-refractivity contribution in [3.8, 4) is 0 Å². The molecule has 19 heteroatoms. The zero-order chi connectivity index (χ0) is 37.8. The van der Waals surface area contributed by atoms with E-state index in [-0.39, 0.29) is 38.6 Å². The van der Waals surface area contributed by atoms with E-state index in [0.717, 1.165) is 0 Å². The maximum Gasteiger partial charge on any atom is 0.243 e. The minimum absolute atomic E-state index is 0.0112. The van der Waals surface area contributed by atoms with Crippen molar-refractivity contribution in [2.45, 2.75) is 76.0 Å². The third-order valence-electron chi connectivity index (χ3n) is 7.57. The zero-order valence-electron chi connectivity index (χ0n) is 28.5. The molecule has 1 saturated heterocycles. The maximum atomic E-state index is 13.7. The Hall–Kier alpha value is -5.59. The van der Waals surface area contributed by atoms with Gasteiger partial charge in [-0.1, -0.05) is 30.3 Å². The van der Waals surface area contributed by atoms with E-state index in [1.54, 1.807) is 30.3 Å². The SMILES string of the molecule is CC(=O)NCC(=O)N[C@H]1CCC(=O)NCC[C@@H](C(=O)NCC(N)=O)NC(=O)CNC(=O)[C@@H](Cc2ccccc2)NC(=O)[C@H](CCCCN)NC1=O. The van der Waals surface area contributed by atoms with E-state index in [4.69, 9.17) is 11.5 Å². The van der Waals surface area contributed by atoms with Gasteiger partial charge >= 0.3 is 0 Å². The van der Waals surface area contributed by atoms with Crippen LogP contribution in [0.15, 0.2) is 30.3 Å². The quantitative estimate of drug-likeness (QED) is 0.0924. The standard InChI is InChI=1S/C32H48N10O9/c1-19(43)36-17-27(46)39-22-10-11-26(45)35-14-12-23(29(48)37-16-25(34)44)40-28(47)18-38-30(49)24(15-20-7-3-2-4-8-20)42-31(50)21(41-32(22)51)9-5-6-13-33/h2-4,7-8,21-24H,5-6,9-18,33H2,1H3,(H2,34,44)(H,35,45)(H,36,43)(H,37,48)(H,38,49)(H,39,46)(H,40,47)(H,41,51)(H,42,50)/t21-,22-,23-,24+/m0/s1. The van der Waals surface area contributed by atoms with Crippen molar-refractivity contribution in [1.29, 1.82) is 0 Å². The highest BCUT2D eigenvalue weighted by Crippen LogP contribution is 2.08. The number of carbonyl (C=O) groups excluding carboxylic acids is 9. The van der Waals surface area contributed by atoms with Crippen LogP contribution in [0.1, 0.15) is 51.0 Å². The first-order valence-electron chi connectivity index (χ1n) is 16.6. The zero-order valence-corrected chi connectivity index (χ0v) is 28.5. The molecule has 0 bridgehead atoms. The van der Waals surface area contributed by atoms with Gasteiger partial charge in [0.15, 0.2) is 0 Å². The first-order valence-corrected chi connectivity index (χ1v) is 16.6. The molecule has 1 heterocycles. The summed E-state index contributed by atoms with van der Waals surface area (Å²) in [5.74, 6) is -6.44. The van der Waals surface area contributed by atoms with Crippen LogP contribution in [-0.2, 0) is 49.6 Å². The van der Waals surface area contributed by atoms with E-state index in [1.165, 1.54) is 6.92 Å². The number of benzene rings is 1. The summed E-state index contributed by atoms with van der Waals surface area (Å²) >= 11 is 0. The average molecular weight is 717 g/mol. The second kappa shape index (κ2) is 22.2. The molecule has 0 saturated carbocycles. The number of primary amides is 1. The molecule has 51 heavy (non-hydrogen) atoms. The third-order valence-corrected chi connectivity index (χ3v) is 7.57. The fourth-order valence-electron chi connectivity index (χ4n) is 4.91. The van der Waals surface area contributed by atoms with Gasteiger partial charge in [0.1, 0.15) is 24.2 Å². The predicted octanol–water partition coefficient (Wildman–Crippen LogP) is -4.55. The summed E-state index contributed by atoms with van der Waals surface area (Å²) in [6.45, 7) is -0.175. The van der Waals surface area contributed by atoms with Crippen molar-refractivity contribution >= 4 is 53.2 Å². The van der Waals surface area contributed by atoms with Crippen molar-refractivity contribution in [2.24, 2.45) is 11.5 Å². The predicted molar refractivity (Wildman–Crippen MR) is 182 cm³/mol. The lowest BCUT2D eigenvalue weighted by atomic mass is 10.0. The summed E-state index contributed by atoms with van der Waals surface area (Å²) in [7, 11) is 0. The van der Waals surface area contributed by atoms with Crippen LogP contribution in [-0.4, -0.2) is 110 Å². The Balaban J connectivity index is 2.44. The molecule has 0 aromatic heterocycles. The van der Waals surface area contributed by atoms with E-state index in [9.17, 15) is 43.2 Å². The number of hydrogen-bond acceptors (Lipinski definition) is 10. The van der Waals surface area contributed by atoms with Gasteiger partial charge in [-0.05, 0) is 44.2 Å². The summed E-state index contributed by atoms with van der Waals surface area (Å²) in [5, 5.41) is 19.8. The number of rotatable bonds is 12. The van der Waals surface area contributed by atoms with Crippen LogP contribution in [0, 0.1) is 0 Å². The smallest absolute Gasteiger partial charge is 0.243 e. The fourth-order valence-corrected chi connectivity index (χ4v) is 4.91. The Morgan fingerprint density at radius 2 is 1.51 bits per heavy atom. The van der Waals surface area contributed by atoms with Gasteiger partial charge in [-0.15, -0.1) is 0 Å². The van der Waals surface area contributed by atoms with Crippen LogP contribution in [0.25, 0.3) is 0 Å². The normalized spacial score (nSPS) is 21.1. The number of hydrogen-bond donors (Lipinski definition) is 10. The number of nitrogens with two attached hydrogens (primary N) is 2. The third kappa shape index (κ3) is 16.6. The molecule has 19 nitrogen and oxygen atoms in total. The molecule has 0 aliphatic carbocycles. The second-order valence-electron chi connectivity index (χ2n) is 11.8. The molecule has 1 aliphatic rings. The molecule has 1 aliphatic heterocycles. The summed E-state index contributed by atoms with van der Waals surface area (Å²) in [4.78, 5) is 114. The fraction of sp³-hybridized carbons (Fsp3) is 0.531. The minimum Gasteiger partial charge on any atom is -0.368 e. The lowest BCUT2D eigenvalue weighted by Gasteiger charge is -2.25. The molecule has 0 spiro atoms. The van der Waals surface area contributed by atoms with Crippen LogP contribution < -0.4 is 54.0 Å². The lowest BCUT2D eigenvalue weighted by Crippen LogP contribution is -2.58. The molecule has 1 aromatic rings. The number of nitrogens with one attached hydrogen (secondary N) is 8. The molecule has 2 rings (SSSR count). The topological polar surface area (TPSA) is 302 Å². The van der Waals surface area contributed by atoms with Gasteiger partial charge in [0.05, 0.1) is 19.6 Å². The Labute approximate surface area is 294 Å². The molecule has 9 amide bonds. The van der Waals surface area contributed by atoms with Crippen LogP contribution in [0.4, 0.5) is 0 Å². The first-order chi connectivity index (χ1) is 24.3. The minimum atomic E-state index is -1.32. The van der Waals surface area contributed by atoms with E-state index in [0.29, 0.717) is 24.9 Å². The molecule has 0 unspecified atom stereocenters. The van der Waals surface area contributed by atoms with Gasteiger partial charge in [0, 0.05) is 26.3 Å². The highest BCUT2D eigenvalue weighted by Gasteiger charge is 2.31. The Morgan fingerprint density at radius 1 is 0.804 bits per heavy atom. The van der Waals surface area contributed by atoms with Crippen molar-refractivity contribution in [2.75, 3.05) is 32.7 Å². The summed E-state index contributed by atoms with van der Waals surface area (Å²) in [6.07, 6.45) is 0.414. The van der Waals surface area contributed by atoms with E-state index >= 15 is 0 Å². The van der Waals surface area contributed by atoms with Crippen molar-refractivity contribution < 1.29 is 43.2 Å². The Morgan fingerprint density at radius 3 is 2.18 bits per heavy atom. The van der Waals surface area contributed by atoms with Gasteiger partial charge < -0.3 is 54.0 Å². The Bertz CT molecular complexity index is 1410. The highest BCUT2D eigenvalue weighted by molar-refractivity contribution is 5.96. The van der Waals surface area contributed by atoms with Gasteiger partial charge in [-0.2, -0.15) is 0 Å². The lowest BCUT2D eigenvalue weighted by molar-refractivity contribution is -0.134. The number of carbonyl (C=O) groups is 9. The molecule has 1 aromatic carbocycles. The van der Waals surface area contributed by atoms with Gasteiger partial charge in [-0.3, -0.25) is 43.2 Å². The van der Waals surface area contributed by atoms with Crippen LogP contribution in [0.3, 0.4) is 0 Å². The van der Waals surface area contributed by atoms with Crippen LogP contribution in [0.5, 0.6) is 0 Å². The maximum absolute atomic E-state index is 13.7. The second-order valence-corrected chi connectivity index (χ2v) is 11.8. The van der Waals surface area contributed by atoms with Crippen molar-refractivity contribution in [3.63, 3.8) is 0 Å². The van der Waals surface area contributed by atoms with Crippen molar-refractivity contribution in [1.82, 2.24) is 42.5 Å². The molecular formula is C32H48N10O9. The van der Waals surface area contributed by atoms with E-state index < -0.39 is 97.0 Å². The summed E-state index contributed by atoms with van der Waals surface area (Å²) < 4.78 is 0. The molecule has 0 radical (unpaired) electrons. The van der Waals surface area contributed by atoms with Crippen LogP contribution in [0.2, 0.25) is 0 Å². The largest absolute Gasteiger partial charge is 0.368 e. The Kier molecular flexibility index (Phi) is 18.1. The summed E-state index contributed by atoms with van der Waals surface area (Å²) in [6, 6.07) is 3.75. The highest BCUT2D eigenvalue weighted by atomic mass is 16.2. The molecule has 4 atom stereocenters. The number of amides is 9. The molecule has 1 fully saturated rings.